The van der Waals surface area contributed by atoms with Gasteiger partial charge >= 0.3 is 0 Å². The summed E-state index contributed by atoms with van der Waals surface area (Å²) in [5, 5.41) is 10.8. The van der Waals surface area contributed by atoms with Crippen LogP contribution in [-0.4, -0.2) is 59.2 Å². The molecule has 2 saturated heterocycles. The number of amides is 2. The van der Waals surface area contributed by atoms with E-state index in [0.717, 1.165) is 43.6 Å². The molecule has 2 aliphatic heterocycles. The van der Waals surface area contributed by atoms with Crippen molar-refractivity contribution in [2.75, 3.05) is 32.7 Å². The lowest BCUT2D eigenvalue weighted by Crippen LogP contribution is -2.43. The van der Waals surface area contributed by atoms with Crippen molar-refractivity contribution in [3.63, 3.8) is 0 Å². The van der Waals surface area contributed by atoms with Crippen molar-refractivity contribution in [2.24, 2.45) is 18.9 Å². The van der Waals surface area contributed by atoms with Crippen molar-refractivity contribution in [2.45, 2.75) is 18.8 Å². The number of carbonyl (C=O) groups excluding carboxylic acids is 2. The van der Waals surface area contributed by atoms with Gasteiger partial charge in [-0.05, 0) is 36.5 Å². The Kier molecular flexibility index (Phi) is 7.50. The summed E-state index contributed by atoms with van der Waals surface area (Å²) in [5.41, 5.74) is 1.86. The van der Waals surface area contributed by atoms with Crippen LogP contribution in [0.4, 0.5) is 0 Å². The first kappa shape index (κ1) is 22.3. The second-order valence-corrected chi connectivity index (χ2v) is 8.17. The quantitative estimate of drug-likeness (QED) is 0.756. The van der Waals surface area contributed by atoms with Gasteiger partial charge in [0.1, 0.15) is 0 Å². The summed E-state index contributed by atoms with van der Waals surface area (Å²) in [6.07, 6.45) is 5.70. The number of aromatic nitrogens is 2. The van der Waals surface area contributed by atoms with Crippen LogP contribution in [0.1, 0.15) is 34.7 Å². The summed E-state index contributed by atoms with van der Waals surface area (Å²) < 4.78 is 1.78. The molecule has 2 amide bonds. The number of aryl methyl sites for hydroxylation is 1. The minimum atomic E-state index is -0.0565. The smallest absolute Gasteiger partial charge is 0.253 e. The summed E-state index contributed by atoms with van der Waals surface area (Å²) in [6.45, 7) is 3.69. The van der Waals surface area contributed by atoms with Crippen LogP contribution in [0.5, 0.6) is 0 Å². The van der Waals surface area contributed by atoms with Crippen molar-refractivity contribution < 1.29 is 9.59 Å². The molecule has 0 saturated carbocycles. The van der Waals surface area contributed by atoms with Crippen LogP contribution < -0.4 is 10.6 Å². The van der Waals surface area contributed by atoms with Gasteiger partial charge in [0, 0.05) is 57.4 Å². The number of halogens is 1. The fourth-order valence-corrected chi connectivity index (χ4v) is 4.42. The number of piperidine rings is 1. The van der Waals surface area contributed by atoms with Crippen LogP contribution in [-0.2, 0) is 11.8 Å². The van der Waals surface area contributed by atoms with Gasteiger partial charge in [0.2, 0.25) is 5.91 Å². The van der Waals surface area contributed by atoms with Gasteiger partial charge in [-0.15, -0.1) is 12.4 Å². The Balaban J connectivity index is 0.00000256. The van der Waals surface area contributed by atoms with Crippen LogP contribution in [0.3, 0.4) is 0 Å². The molecule has 0 bridgehead atoms. The molecule has 2 atom stereocenters. The first-order chi connectivity index (χ1) is 14.1. The van der Waals surface area contributed by atoms with E-state index in [-0.39, 0.29) is 36.1 Å². The first-order valence-electron chi connectivity index (χ1n) is 10.4. The molecule has 30 heavy (non-hydrogen) atoms. The fourth-order valence-electron chi connectivity index (χ4n) is 4.42. The summed E-state index contributed by atoms with van der Waals surface area (Å²) >= 11 is 0. The zero-order chi connectivity index (χ0) is 20.2. The maximum Gasteiger partial charge on any atom is 0.253 e. The average Bonchev–Trinajstić information content (AvgIpc) is 3.41. The van der Waals surface area contributed by atoms with Crippen molar-refractivity contribution in [1.29, 1.82) is 0 Å². The summed E-state index contributed by atoms with van der Waals surface area (Å²) in [7, 11) is 1.90. The number of nitrogens with zero attached hydrogens (tertiary/aromatic N) is 3. The molecule has 2 N–H and O–H groups in total. The van der Waals surface area contributed by atoms with E-state index >= 15 is 0 Å². The molecular weight excluding hydrogens is 402 g/mol. The van der Waals surface area contributed by atoms with E-state index in [1.807, 2.05) is 54.7 Å². The summed E-state index contributed by atoms with van der Waals surface area (Å²) in [4.78, 5) is 27.3. The number of hydrogen-bond acceptors (Lipinski definition) is 4. The monoisotopic (exact) mass is 431 g/mol. The SMILES string of the molecule is Cl.Cn1cc([C@H]2CNC[C@@H]2C(=O)NCC2CCN(C(=O)c3ccccc3)CC2)cn1. The Labute approximate surface area is 183 Å². The normalized spacial score (nSPS) is 21.8. The van der Waals surface area contributed by atoms with E-state index in [1.54, 1.807) is 4.68 Å². The molecule has 4 rings (SSSR count). The Morgan fingerprint density at radius 2 is 1.90 bits per heavy atom. The Morgan fingerprint density at radius 1 is 1.17 bits per heavy atom. The molecule has 162 valence electrons. The highest BCUT2D eigenvalue weighted by Crippen LogP contribution is 2.28. The molecule has 3 heterocycles. The van der Waals surface area contributed by atoms with E-state index in [4.69, 9.17) is 0 Å². The van der Waals surface area contributed by atoms with Crippen molar-refractivity contribution in [1.82, 2.24) is 25.3 Å². The standard InChI is InChI=1S/C22H29N5O2.ClH/c1-26-15-18(12-25-26)19-13-23-14-20(19)21(28)24-11-16-7-9-27(10-8-16)22(29)17-5-3-2-4-6-17;/h2-6,12,15-16,19-20,23H,7-11,13-14H2,1H3,(H,24,28);1H/t19-,20+;/m1./s1. The van der Waals surface area contributed by atoms with Crippen LogP contribution in [0.25, 0.3) is 0 Å². The second-order valence-electron chi connectivity index (χ2n) is 8.17. The number of benzene rings is 1. The van der Waals surface area contributed by atoms with Gasteiger partial charge in [-0.3, -0.25) is 14.3 Å². The number of carbonyl (C=O) groups is 2. The van der Waals surface area contributed by atoms with Crippen LogP contribution >= 0.6 is 12.4 Å². The third-order valence-electron chi connectivity index (χ3n) is 6.19. The fraction of sp³-hybridized carbons (Fsp3) is 0.500. The minimum Gasteiger partial charge on any atom is -0.356 e. The lowest BCUT2D eigenvalue weighted by Gasteiger charge is -2.32. The van der Waals surface area contributed by atoms with Crippen LogP contribution in [0.15, 0.2) is 42.7 Å². The summed E-state index contributed by atoms with van der Waals surface area (Å²) in [6, 6.07) is 9.44. The van der Waals surface area contributed by atoms with Crippen molar-refractivity contribution in [3.05, 3.63) is 53.9 Å². The van der Waals surface area contributed by atoms with Crippen LogP contribution in [0, 0.1) is 11.8 Å². The average molecular weight is 432 g/mol. The Hall–Kier alpha value is -2.38. The predicted molar refractivity (Wildman–Crippen MR) is 118 cm³/mol. The highest BCUT2D eigenvalue weighted by molar-refractivity contribution is 5.94. The van der Waals surface area contributed by atoms with Gasteiger partial charge in [-0.25, -0.2) is 0 Å². The molecule has 0 radical (unpaired) electrons. The molecule has 0 spiro atoms. The molecular formula is C22H30ClN5O2. The highest BCUT2D eigenvalue weighted by atomic mass is 35.5. The maximum atomic E-state index is 12.8. The third kappa shape index (κ3) is 5.02. The number of likely N-dealkylation sites (tertiary alicyclic amines) is 1. The third-order valence-corrected chi connectivity index (χ3v) is 6.19. The zero-order valence-electron chi connectivity index (χ0n) is 17.3. The van der Waals surface area contributed by atoms with Gasteiger partial charge in [0.25, 0.3) is 5.91 Å². The molecule has 2 fully saturated rings. The second kappa shape index (κ2) is 10.1. The topological polar surface area (TPSA) is 79.3 Å². The lowest BCUT2D eigenvalue weighted by atomic mass is 9.89. The van der Waals surface area contributed by atoms with Gasteiger partial charge in [-0.1, -0.05) is 18.2 Å². The maximum absolute atomic E-state index is 12.8. The van der Waals surface area contributed by atoms with Gasteiger partial charge in [0.15, 0.2) is 0 Å². The molecule has 2 aliphatic rings. The van der Waals surface area contributed by atoms with Gasteiger partial charge in [0.05, 0.1) is 12.1 Å². The predicted octanol–water partition coefficient (Wildman–Crippen LogP) is 1.81. The molecule has 1 aromatic carbocycles. The number of rotatable bonds is 5. The van der Waals surface area contributed by atoms with E-state index in [1.165, 1.54) is 0 Å². The highest BCUT2D eigenvalue weighted by Gasteiger charge is 2.35. The first-order valence-corrected chi connectivity index (χ1v) is 10.4. The Bertz CT molecular complexity index is 848. The molecule has 8 heteroatoms. The number of hydrogen-bond donors (Lipinski definition) is 2. The zero-order valence-corrected chi connectivity index (χ0v) is 18.1. The van der Waals surface area contributed by atoms with Crippen molar-refractivity contribution >= 4 is 24.2 Å². The van der Waals surface area contributed by atoms with E-state index in [9.17, 15) is 9.59 Å². The lowest BCUT2D eigenvalue weighted by molar-refractivity contribution is -0.125. The Morgan fingerprint density at radius 3 is 2.57 bits per heavy atom. The van der Waals surface area contributed by atoms with Crippen LogP contribution in [0.2, 0.25) is 0 Å². The molecule has 7 nitrogen and oxygen atoms in total. The van der Waals surface area contributed by atoms with Gasteiger partial charge in [-0.2, -0.15) is 5.10 Å². The molecule has 0 aliphatic carbocycles. The van der Waals surface area contributed by atoms with E-state index in [0.29, 0.717) is 19.0 Å². The van der Waals surface area contributed by atoms with E-state index < -0.39 is 0 Å². The summed E-state index contributed by atoms with van der Waals surface area (Å²) in [5.74, 6) is 0.758. The molecule has 0 unspecified atom stereocenters. The minimum absolute atomic E-state index is 0. The van der Waals surface area contributed by atoms with E-state index in [2.05, 4.69) is 15.7 Å². The van der Waals surface area contributed by atoms with Gasteiger partial charge < -0.3 is 15.5 Å². The molecule has 2 aromatic rings. The largest absolute Gasteiger partial charge is 0.356 e. The number of nitrogens with one attached hydrogen (secondary N) is 2. The molecule has 1 aromatic heterocycles. The van der Waals surface area contributed by atoms with Crippen molar-refractivity contribution in [3.8, 4) is 0 Å².